The lowest BCUT2D eigenvalue weighted by molar-refractivity contribution is -0.130. The van der Waals surface area contributed by atoms with E-state index in [1.807, 2.05) is 30.3 Å². The molecule has 0 aliphatic heterocycles. The molecule has 0 fully saturated rings. The average molecular weight is 222 g/mol. The first-order valence-corrected chi connectivity index (χ1v) is 5.36. The van der Waals surface area contributed by atoms with Crippen LogP contribution >= 0.6 is 0 Å². The van der Waals surface area contributed by atoms with Gasteiger partial charge < -0.3 is 15.4 Å². The predicted molar refractivity (Wildman–Crippen MR) is 63.2 cm³/mol. The van der Waals surface area contributed by atoms with Gasteiger partial charge in [-0.15, -0.1) is 0 Å². The second kappa shape index (κ2) is 6.85. The van der Waals surface area contributed by atoms with Gasteiger partial charge in [-0.05, 0) is 12.1 Å². The number of rotatable bonds is 6. The fraction of sp³-hybridized carbons (Fsp3) is 0.417. The van der Waals surface area contributed by atoms with Crippen LogP contribution in [0.5, 0.6) is 5.75 Å². The molecule has 16 heavy (non-hydrogen) atoms. The van der Waals surface area contributed by atoms with E-state index < -0.39 is 0 Å². The van der Waals surface area contributed by atoms with Crippen molar-refractivity contribution in [3.8, 4) is 5.75 Å². The maximum Gasteiger partial charge on any atom is 0.223 e. The van der Waals surface area contributed by atoms with Crippen molar-refractivity contribution in [3.05, 3.63) is 30.3 Å². The summed E-state index contributed by atoms with van der Waals surface area (Å²) in [6.07, 6.45) is 0.391. The van der Waals surface area contributed by atoms with Gasteiger partial charge in [0, 0.05) is 20.0 Å². The lowest BCUT2D eigenvalue weighted by atomic mass is 10.3. The zero-order valence-corrected chi connectivity index (χ0v) is 9.56. The number of nitrogens with zero attached hydrogens (tertiary/aromatic N) is 1. The Labute approximate surface area is 96.0 Å². The fourth-order valence-corrected chi connectivity index (χ4v) is 1.26. The minimum Gasteiger partial charge on any atom is -0.492 e. The van der Waals surface area contributed by atoms with Gasteiger partial charge in [0.15, 0.2) is 0 Å². The van der Waals surface area contributed by atoms with Crippen molar-refractivity contribution in [3.63, 3.8) is 0 Å². The lowest BCUT2D eigenvalue weighted by Gasteiger charge is -2.16. The lowest BCUT2D eigenvalue weighted by Crippen LogP contribution is -2.32. The zero-order chi connectivity index (χ0) is 11.8. The summed E-state index contributed by atoms with van der Waals surface area (Å²) in [4.78, 5) is 13.0. The van der Waals surface area contributed by atoms with Crippen molar-refractivity contribution in [2.75, 3.05) is 26.7 Å². The van der Waals surface area contributed by atoms with E-state index in [1.54, 1.807) is 11.9 Å². The molecule has 0 atom stereocenters. The van der Waals surface area contributed by atoms with Crippen LogP contribution in [-0.4, -0.2) is 37.6 Å². The highest BCUT2D eigenvalue weighted by Gasteiger charge is 2.06. The van der Waals surface area contributed by atoms with Crippen molar-refractivity contribution in [1.29, 1.82) is 0 Å². The van der Waals surface area contributed by atoms with Crippen LogP contribution in [0.25, 0.3) is 0 Å². The molecule has 0 radical (unpaired) electrons. The second-order valence-corrected chi connectivity index (χ2v) is 3.52. The van der Waals surface area contributed by atoms with Gasteiger partial charge in [0.2, 0.25) is 5.91 Å². The Morgan fingerprint density at radius 2 is 2.06 bits per heavy atom. The number of hydrogen-bond donors (Lipinski definition) is 1. The molecule has 88 valence electrons. The number of carbonyl (C=O) groups excluding carboxylic acids is 1. The first-order valence-electron chi connectivity index (χ1n) is 5.36. The molecule has 0 aromatic heterocycles. The number of amides is 1. The van der Waals surface area contributed by atoms with Crippen molar-refractivity contribution >= 4 is 5.91 Å². The zero-order valence-electron chi connectivity index (χ0n) is 9.56. The van der Waals surface area contributed by atoms with E-state index in [-0.39, 0.29) is 5.91 Å². The molecule has 0 saturated carbocycles. The van der Waals surface area contributed by atoms with Crippen LogP contribution in [0.2, 0.25) is 0 Å². The number of nitrogens with two attached hydrogens (primary N) is 1. The van der Waals surface area contributed by atoms with Gasteiger partial charge in [-0.25, -0.2) is 0 Å². The van der Waals surface area contributed by atoms with E-state index in [0.29, 0.717) is 26.1 Å². The van der Waals surface area contributed by atoms with Gasteiger partial charge in [-0.1, -0.05) is 18.2 Å². The van der Waals surface area contributed by atoms with Gasteiger partial charge in [0.1, 0.15) is 12.4 Å². The van der Waals surface area contributed by atoms with Crippen molar-refractivity contribution in [2.24, 2.45) is 5.73 Å². The molecular weight excluding hydrogens is 204 g/mol. The summed E-state index contributed by atoms with van der Waals surface area (Å²) in [5.74, 6) is 0.876. The molecule has 0 saturated heterocycles. The average Bonchev–Trinajstić information content (AvgIpc) is 2.30. The summed E-state index contributed by atoms with van der Waals surface area (Å²) in [6.45, 7) is 1.47. The van der Waals surface area contributed by atoms with E-state index in [2.05, 4.69) is 0 Å². The molecule has 0 aliphatic carbocycles. The molecule has 0 aliphatic rings. The normalized spacial score (nSPS) is 9.88. The molecule has 0 unspecified atom stereocenters. The number of benzene rings is 1. The predicted octanol–water partition coefficient (Wildman–Crippen LogP) is 0.873. The van der Waals surface area contributed by atoms with Crippen molar-refractivity contribution in [1.82, 2.24) is 4.90 Å². The molecule has 2 N–H and O–H groups in total. The van der Waals surface area contributed by atoms with E-state index in [1.165, 1.54) is 0 Å². The minimum atomic E-state index is 0.0548. The van der Waals surface area contributed by atoms with Gasteiger partial charge >= 0.3 is 0 Å². The van der Waals surface area contributed by atoms with E-state index >= 15 is 0 Å². The third-order valence-corrected chi connectivity index (χ3v) is 2.22. The van der Waals surface area contributed by atoms with Crippen LogP contribution in [0.4, 0.5) is 0 Å². The fourth-order valence-electron chi connectivity index (χ4n) is 1.26. The summed E-state index contributed by atoms with van der Waals surface area (Å²) >= 11 is 0. The van der Waals surface area contributed by atoms with Gasteiger partial charge in [-0.2, -0.15) is 0 Å². The molecule has 4 heteroatoms. The van der Waals surface area contributed by atoms with Crippen molar-refractivity contribution < 1.29 is 9.53 Å². The topological polar surface area (TPSA) is 55.6 Å². The molecule has 1 aromatic carbocycles. The Balaban J connectivity index is 2.23. The third-order valence-electron chi connectivity index (χ3n) is 2.22. The molecule has 0 spiro atoms. The summed E-state index contributed by atoms with van der Waals surface area (Å²) < 4.78 is 5.48. The quantitative estimate of drug-likeness (QED) is 0.777. The van der Waals surface area contributed by atoms with E-state index in [4.69, 9.17) is 10.5 Å². The highest BCUT2D eigenvalue weighted by atomic mass is 16.5. The van der Waals surface area contributed by atoms with Gasteiger partial charge in [0.05, 0.1) is 6.54 Å². The van der Waals surface area contributed by atoms with Crippen LogP contribution in [0.3, 0.4) is 0 Å². The van der Waals surface area contributed by atoms with E-state index in [0.717, 1.165) is 5.75 Å². The Morgan fingerprint density at radius 3 is 2.69 bits per heavy atom. The highest BCUT2D eigenvalue weighted by Crippen LogP contribution is 2.07. The van der Waals surface area contributed by atoms with Crippen LogP contribution < -0.4 is 10.5 Å². The molecular formula is C12H18N2O2. The molecule has 4 nitrogen and oxygen atoms in total. The monoisotopic (exact) mass is 222 g/mol. The Morgan fingerprint density at radius 1 is 1.38 bits per heavy atom. The molecule has 0 heterocycles. The smallest absolute Gasteiger partial charge is 0.223 e. The molecule has 1 rings (SSSR count). The highest BCUT2D eigenvalue weighted by molar-refractivity contribution is 5.75. The number of ether oxygens (including phenoxy) is 1. The first-order chi connectivity index (χ1) is 7.74. The number of likely N-dealkylation sites (N-methyl/N-ethyl adjacent to an activating group) is 1. The van der Waals surface area contributed by atoms with Crippen LogP contribution in [-0.2, 0) is 4.79 Å². The van der Waals surface area contributed by atoms with Gasteiger partial charge in [-0.3, -0.25) is 4.79 Å². The number of carbonyl (C=O) groups is 1. The first kappa shape index (κ1) is 12.5. The van der Waals surface area contributed by atoms with Crippen molar-refractivity contribution in [2.45, 2.75) is 6.42 Å². The molecule has 1 aromatic rings. The van der Waals surface area contributed by atoms with Crippen LogP contribution in [0, 0.1) is 0 Å². The van der Waals surface area contributed by atoms with Crippen LogP contribution in [0.15, 0.2) is 30.3 Å². The van der Waals surface area contributed by atoms with Crippen LogP contribution in [0.1, 0.15) is 6.42 Å². The summed E-state index contributed by atoms with van der Waals surface area (Å²) in [5, 5.41) is 0. The maximum atomic E-state index is 11.4. The summed E-state index contributed by atoms with van der Waals surface area (Å²) in [7, 11) is 1.76. The Kier molecular flexibility index (Phi) is 5.36. The Hall–Kier alpha value is -1.55. The third kappa shape index (κ3) is 4.31. The standard InChI is InChI=1S/C12H18N2O2/c1-14(12(15)7-8-13)9-10-16-11-5-3-2-4-6-11/h2-6H,7-10,13H2,1H3. The maximum absolute atomic E-state index is 11.4. The number of hydrogen-bond acceptors (Lipinski definition) is 3. The summed E-state index contributed by atoms with van der Waals surface area (Å²) in [5.41, 5.74) is 5.31. The minimum absolute atomic E-state index is 0.0548. The second-order valence-electron chi connectivity index (χ2n) is 3.52. The number of para-hydroxylation sites is 1. The SMILES string of the molecule is CN(CCOc1ccccc1)C(=O)CCN. The largest absolute Gasteiger partial charge is 0.492 e. The van der Waals surface area contributed by atoms with E-state index in [9.17, 15) is 4.79 Å². The Bertz CT molecular complexity index is 314. The van der Waals surface area contributed by atoms with Gasteiger partial charge in [0.25, 0.3) is 0 Å². The molecule has 1 amide bonds. The molecule has 0 bridgehead atoms. The summed E-state index contributed by atoms with van der Waals surface area (Å²) in [6, 6.07) is 9.55.